The van der Waals surface area contributed by atoms with Crippen molar-refractivity contribution in [3.63, 3.8) is 0 Å². The van der Waals surface area contributed by atoms with Gasteiger partial charge in [-0.15, -0.1) is 24.0 Å². The summed E-state index contributed by atoms with van der Waals surface area (Å²) in [5.41, 5.74) is 1.66. The molecule has 1 unspecified atom stereocenters. The quantitative estimate of drug-likeness (QED) is 0.333. The summed E-state index contributed by atoms with van der Waals surface area (Å²) in [6.07, 6.45) is 10.7. The zero-order chi connectivity index (χ0) is 19.2. The summed E-state index contributed by atoms with van der Waals surface area (Å²) in [6, 6.07) is 0.262. The molecule has 1 fully saturated rings. The summed E-state index contributed by atoms with van der Waals surface area (Å²) in [7, 11) is 8.02. The van der Waals surface area contributed by atoms with Crippen LogP contribution in [0.1, 0.15) is 57.6 Å². The molecule has 0 amide bonds. The van der Waals surface area contributed by atoms with Gasteiger partial charge in [-0.3, -0.25) is 9.67 Å². The number of rotatable bonds is 8. The lowest BCUT2D eigenvalue weighted by Gasteiger charge is -2.32. The first-order chi connectivity index (χ1) is 12.3. The van der Waals surface area contributed by atoms with Gasteiger partial charge in [0.05, 0.1) is 12.2 Å². The maximum Gasteiger partial charge on any atom is 0.191 e. The largest absolute Gasteiger partial charge is 0.356 e. The number of aliphatic imine (C=N–C) groups is 1. The minimum absolute atomic E-state index is 0. The Kier molecular flexibility index (Phi) is 10.1. The van der Waals surface area contributed by atoms with E-state index in [2.05, 4.69) is 59.8 Å². The number of hydrogen-bond donors (Lipinski definition) is 2. The average molecular weight is 490 g/mol. The van der Waals surface area contributed by atoms with Crippen LogP contribution in [0.3, 0.4) is 0 Å². The lowest BCUT2D eigenvalue weighted by Crippen LogP contribution is -2.45. The van der Waals surface area contributed by atoms with Crippen LogP contribution in [0.5, 0.6) is 0 Å². The molecule has 6 nitrogen and oxygen atoms in total. The predicted octanol–water partition coefficient (Wildman–Crippen LogP) is 3.41. The number of nitrogens with zero attached hydrogens (tertiary/aromatic N) is 4. The summed E-state index contributed by atoms with van der Waals surface area (Å²) in [6.45, 7) is 6.49. The molecule has 1 aromatic heterocycles. The topological polar surface area (TPSA) is 57.5 Å². The number of aryl methyl sites for hydroxylation is 1. The van der Waals surface area contributed by atoms with E-state index in [-0.39, 0.29) is 30.0 Å². The van der Waals surface area contributed by atoms with Crippen LogP contribution in [0.2, 0.25) is 0 Å². The second kappa shape index (κ2) is 11.2. The number of guanidine groups is 1. The molecule has 0 bridgehead atoms. The number of likely N-dealkylation sites (N-methyl/N-ethyl adjacent to an activating group) is 1. The molecule has 2 N–H and O–H groups in total. The van der Waals surface area contributed by atoms with Gasteiger partial charge in [0.25, 0.3) is 0 Å². The van der Waals surface area contributed by atoms with E-state index in [9.17, 15) is 0 Å². The van der Waals surface area contributed by atoms with Gasteiger partial charge in [-0.2, -0.15) is 5.10 Å². The molecule has 1 aromatic rings. The van der Waals surface area contributed by atoms with Gasteiger partial charge < -0.3 is 15.5 Å². The fourth-order valence-electron chi connectivity index (χ4n) is 4.34. The van der Waals surface area contributed by atoms with Crippen LogP contribution in [0.4, 0.5) is 0 Å². The van der Waals surface area contributed by atoms with Crippen LogP contribution in [0.25, 0.3) is 0 Å². The molecule has 156 valence electrons. The number of nitrogens with one attached hydrogen (secondary N) is 2. The van der Waals surface area contributed by atoms with Gasteiger partial charge in [-0.1, -0.05) is 26.7 Å². The highest BCUT2D eigenvalue weighted by Crippen LogP contribution is 2.42. The molecule has 1 aliphatic rings. The molecule has 1 saturated carbocycles. The standard InChI is InChI=1S/C20H38N6.HI/c1-16(2)11-20(9-7-8-10-20)15-23-19(21-3)22-13-18(25(4)5)17-12-24-26(6)14-17;/h12,14,16,18H,7-11,13,15H2,1-6H3,(H2,21,22,23);1H. The first kappa shape index (κ1) is 24.2. The Morgan fingerprint density at radius 3 is 2.44 bits per heavy atom. The minimum atomic E-state index is 0. The van der Waals surface area contributed by atoms with Crippen molar-refractivity contribution in [2.24, 2.45) is 23.4 Å². The van der Waals surface area contributed by atoms with Crippen LogP contribution in [0.15, 0.2) is 17.4 Å². The molecular formula is C20H39IN6. The molecule has 1 aliphatic carbocycles. The third kappa shape index (κ3) is 7.25. The maximum absolute atomic E-state index is 4.44. The molecule has 1 atom stereocenters. The van der Waals surface area contributed by atoms with E-state index in [1.54, 1.807) is 0 Å². The zero-order valence-corrected chi connectivity index (χ0v) is 20.3. The highest BCUT2D eigenvalue weighted by atomic mass is 127. The third-order valence-corrected chi connectivity index (χ3v) is 5.56. The normalized spacial score (nSPS) is 17.9. The van der Waals surface area contributed by atoms with E-state index in [1.807, 2.05) is 25.0 Å². The minimum Gasteiger partial charge on any atom is -0.356 e. The Hall–Kier alpha value is -0.830. The first-order valence-corrected chi connectivity index (χ1v) is 9.95. The highest BCUT2D eigenvalue weighted by molar-refractivity contribution is 14.0. The van der Waals surface area contributed by atoms with E-state index >= 15 is 0 Å². The van der Waals surface area contributed by atoms with Crippen LogP contribution in [-0.2, 0) is 7.05 Å². The van der Waals surface area contributed by atoms with Gasteiger partial charge in [0.2, 0.25) is 0 Å². The predicted molar refractivity (Wildman–Crippen MR) is 125 cm³/mol. The second-order valence-electron chi connectivity index (χ2n) is 8.54. The van der Waals surface area contributed by atoms with E-state index < -0.39 is 0 Å². The summed E-state index contributed by atoms with van der Waals surface area (Å²) < 4.78 is 1.86. The second-order valence-corrected chi connectivity index (χ2v) is 8.54. The van der Waals surface area contributed by atoms with Crippen LogP contribution < -0.4 is 10.6 Å². The van der Waals surface area contributed by atoms with Gasteiger partial charge in [-0.25, -0.2) is 0 Å². The summed E-state index contributed by atoms with van der Waals surface area (Å²) >= 11 is 0. The van der Waals surface area contributed by atoms with Crippen molar-refractivity contribution >= 4 is 29.9 Å². The SMILES string of the molecule is CN=C(NCC(c1cnn(C)c1)N(C)C)NCC1(CC(C)C)CCCC1.I. The Morgan fingerprint density at radius 2 is 1.96 bits per heavy atom. The van der Waals surface area contributed by atoms with Crippen molar-refractivity contribution in [1.29, 1.82) is 0 Å². The van der Waals surface area contributed by atoms with Gasteiger partial charge in [0, 0.05) is 38.9 Å². The van der Waals surface area contributed by atoms with Crippen molar-refractivity contribution < 1.29 is 0 Å². The smallest absolute Gasteiger partial charge is 0.191 e. The monoisotopic (exact) mass is 490 g/mol. The van der Waals surface area contributed by atoms with E-state index in [4.69, 9.17) is 0 Å². The maximum atomic E-state index is 4.44. The van der Waals surface area contributed by atoms with Crippen molar-refractivity contribution in [2.75, 3.05) is 34.2 Å². The molecule has 0 spiro atoms. The Morgan fingerprint density at radius 1 is 1.30 bits per heavy atom. The summed E-state index contributed by atoms with van der Waals surface area (Å²) in [4.78, 5) is 6.66. The first-order valence-electron chi connectivity index (χ1n) is 9.95. The number of aromatic nitrogens is 2. The number of halogens is 1. The Bertz CT molecular complexity index is 575. The highest BCUT2D eigenvalue weighted by Gasteiger charge is 2.34. The van der Waals surface area contributed by atoms with Crippen molar-refractivity contribution in [3.8, 4) is 0 Å². The van der Waals surface area contributed by atoms with Gasteiger partial charge in [-0.05, 0) is 44.7 Å². The molecule has 0 saturated heterocycles. The van der Waals surface area contributed by atoms with Crippen molar-refractivity contribution in [1.82, 2.24) is 25.3 Å². The van der Waals surface area contributed by atoms with Crippen molar-refractivity contribution in [2.45, 2.75) is 52.0 Å². The van der Waals surface area contributed by atoms with Gasteiger partial charge in [0.15, 0.2) is 5.96 Å². The molecular weight excluding hydrogens is 451 g/mol. The summed E-state index contributed by atoms with van der Waals surface area (Å²) in [5, 5.41) is 11.4. The van der Waals surface area contributed by atoms with Crippen LogP contribution in [-0.4, -0.2) is 54.9 Å². The van der Waals surface area contributed by atoms with Gasteiger partial charge >= 0.3 is 0 Å². The fourth-order valence-corrected chi connectivity index (χ4v) is 4.34. The Balaban J connectivity index is 0.00000364. The molecule has 7 heteroatoms. The van der Waals surface area contributed by atoms with Crippen LogP contribution >= 0.6 is 24.0 Å². The van der Waals surface area contributed by atoms with E-state index in [0.29, 0.717) is 5.41 Å². The summed E-state index contributed by atoms with van der Waals surface area (Å²) in [5.74, 6) is 1.64. The molecule has 0 aliphatic heterocycles. The Labute approximate surface area is 182 Å². The number of hydrogen-bond acceptors (Lipinski definition) is 3. The van der Waals surface area contributed by atoms with Gasteiger partial charge in [0.1, 0.15) is 0 Å². The molecule has 2 rings (SSSR count). The zero-order valence-electron chi connectivity index (χ0n) is 18.0. The molecule has 1 heterocycles. The lowest BCUT2D eigenvalue weighted by atomic mass is 9.78. The lowest BCUT2D eigenvalue weighted by molar-refractivity contribution is 0.234. The van der Waals surface area contributed by atoms with Crippen molar-refractivity contribution in [3.05, 3.63) is 18.0 Å². The van der Waals surface area contributed by atoms with E-state index in [0.717, 1.165) is 25.0 Å². The molecule has 0 aromatic carbocycles. The average Bonchev–Trinajstić information content (AvgIpc) is 3.19. The fraction of sp³-hybridized carbons (Fsp3) is 0.800. The third-order valence-electron chi connectivity index (χ3n) is 5.56. The molecule has 27 heavy (non-hydrogen) atoms. The van der Waals surface area contributed by atoms with E-state index in [1.165, 1.54) is 37.7 Å². The van der Waals surface area contributed by atoms with Crippen LogP contribution in [0, 0.1) is 11.3 Å². The molecule has 0 radical (unpaired) electrons.